The Balaban J connectivity index is 1.91. The number of furan rings is 1. The second-order valence-electron chi connectivity index (χ2n) is 5.81. The summed E-state index contributed by atoms with van der Waals surface area (Å²) in [6.45, 7) is 0.154. The smallest absolute Gasteiger partial charge is 0.243 e. The third-order valence-electron chi connectivity index (χ3n) is 3.93. The van der Waals surface area contributed by atoms with Gasteiger partial charge in [0.15, 0.2) is 11.5 Å². The average molecular weight is 396 g/mol. The molecule has 1 aromatic carbocycles. The molecular formula is C18H24N2O6S. The molecule has 2 rings (SSSR count). The predicted molar refractivity (Wildman–Crippen MR) is 99.4 cm³/mol. The number of likely N-dealkylation sites (N-methyl/N-ethyl adjacent to an activating group) is 1. The molecule has 0 aliphatic rings. The number of benzene rings is 1. The van der Waals surface area contributed by atoms with Crippen molar-refractivity contribution in [2.24, 2.45) is 0 Å². The van der Waals surface area contributed by atoms with E-state index in [2.05, 4.69) is 5.32 Å². The van der Waals surface area contributed by atoms with E-state index in [0.717, 1.165) is 10.1 Å². The molecule has 27 heavy (non-hydrogen) atoms. The highest BCUT2D eigenvalue weighted by molar-refractivity contribution is 7.89. The van der Waals surface area contributed by atoms with Gasteiger partial charge in [-0.05, 0) is 30.7 Å². The van der Waals surface area contributed by atoms with E-state index in [1.807, 2.05) is 12.1 Å². The molecule has 148 valence electrons. The monoisotopic (exact) mass is 396 g/mol. The van der Waals surface area contributed by atoms with Gasteiger partial charge < -0.3 is 19.2 Å². The quantitative estimate of drug-likeness (QED) is 0.614. The van der Waals surface area contributed by atoms with Crippen LogP contribution in [-0.2, 0) is 21.2 Å². The Labute approximate surface area is 159 Å². The minimum absolute atomic E-state index is 0.0215. The lowest BCUT2D eigenvalue weighted by Crippen LogP contribution is -2.38. The number of carbonyl (C=O) groups is 1. The van der Waals surface area contributed by atoms with E-state index in [1.165, 1.54) is 39.5 Å². The lowest BCUT2D eigenvalue weighted by Gasteiger charge is -2.18. The number of carbonyl (C=O) groups excluding carboxylic acids is 1. The number of methoxy groups -OCH3 is 2. The first-order valence-electron chi connectivity index (χ1n) is 8.36. The molecule has 0 fully saturated rings. The van der Waals surface area contributed by atoms with Crippen LogP contribution in [0.4, 0.5) is 0 Å². The fourth-order valence-electron chi connectivity index (χ4n) is 2.45. The summed E-state index contributed by atoms with van der Waals surface area (Å²) in [5.74, 6) is 1.20. The molecule has 1 N–H and O–H groups in total. The van der Waals surface area contributed by atoms with Crippen molar-refractivity contribution in [1.82, 2.24) is 9.62 Å². The molecule has 8 nitrogen and oxygen atoms in total. The summed E-state index contributed by atoms with van der Waals surface area (Å²) in [5, 5.41) is 2.71. The zero-order valence-corrected chi connectivity index (χ0v) is 16.4. The van der Waals surface area contributed by atoms with Crippen LogP contribution in [0, 0.1) is 0 Å². The van der Waals surface area contributed by atoms with Gasteiger partial charge >= 0.3 is 0 Å². The number of nitrogens with one attached hydrogen (secondary N) is 1. The zero-order chi connectivity index (χ0) is 19.9. The van der Waals surface area contributed by atoms with Gasteiger partial charge in [0, 0.05) is 26.1 Å². The van der Waals surface area contributed by atoms with Crippen molar-refractivity contribution in [1.29, 1.82) is 0 Å². The van der Waals surface area contributed by atoms with Gasteiger partial charge in [0.1, 0.15) is 5.76 Å². The van der Waals surface area contributed by atoms with Crippen LogP contribution in [-0.4, -0.2) is 53.0 Å². The largest absolute Gasteiger partial charge is 0.493 e. The van der Waals surface area contributed by atoms with E-state index in [4.69, 9.17) is 13.9 Å². The van der Waals surface area contributed by atoms with E-state index < -0.39 is 10.0 Å². The lowest BCUT2D eigenvalue weighted by molar-refractivity contribution is -0.121. The van der Waals surface area contributed by atoms with Gasteiger partial charge in [0.05, 0.1) is 31.9 Å². The van der Waals surface area contributed by atoms with E-state index >= 15 is 0 Å². The first kappa shape index (κ1) is 20.8. The highest BCUT2D eigenvalue weighted by Gasteiger charge is 2.24. The van der Waals surface area contributed by atoms with Crippen molar-refractivity contribution in [3.8, 4) is 11.5 Å². The third-order valence-corrected chi connectivity index (χ3v) is 5.73. The van der Waals surface area contributed by atoms with Gasteiger partial charge in [0.25, 0.3) is 0 Å². The van der Waals surface area contributed by atoms with Gasteiger partial charge in [-0.15, -0.1) is 0 Å². The summed E-state index contributed by atoms with van der Waals surface area (Å²) >= 11 is 0. The molecule has 0 saturated heterocycles. The Hall–Kier alpha value is -2.52. The minimum atomic E-state index is -3.84. The SMILES string of the molecule is COc1ccc(S(=O)(=O)N(C)CC(=O)NCCCc2ccco2)cc1OC. The van der Waals surface area contributed by atoms with Crippen LogP contribution in [0.1, 0.15) is 12.2 Å². The molecule has 0 spiro atoms. The van der Waals surface area contributed by atoms with Gasteiger partial charge in [-0.1, -0.05) is 0 Å². The number of hydrogen-bond donors (Lipinski definition) is 1. The molecule has 0 aliphatic heterocycles. The molecule has 0 unspecified atom stereocenters. The standard InChI is InChI=1S/C18H24N2O6S/c1-20(13-18(21)19-10-4-6-14-7-5-11-26-14)27(22,23)15-8-9-16(24-2)17(12-15)25-3/h5,7-9,11-12H,4,6,10,13H2,1-3H3,(H,19,21). The first-order valence-corrected chi connectivity index (χ1v) is 9.80. The Morgan fingerprint density at radius 2 is 1.93 bits per heavy atom. The maximum absolute atomic E-state index is 12.7. The lowest BCUT2D eigenvalue weighted by atomic mass is 10.2. The van der Waals surface area contributed by atoms with Crippen LogP contribution in [0.2, 0.25) is 0 Å². The van der Waals surface area contributed by atoms with Gasteiger partial charge in [-0.25, -0.2) is 8.42 Å². The van der Waals surface area contributed by atoms with Crippen molar-refractivity contribution in [2.75, 3.05) is 34.4 Å². The summed E-state index contributed by atoms with van der Waals surface area (Å²) in [5.41, 5.74) is 0. The molecule has 0 atom stereocenters. The topological polar surface area (TPSA) is 98.1 Å². The van der Waals surface area contributed by atoms with Crippen molar-refractivity contribution in [2.45, 2.75) is 17.7 Å². The van der Waals surface area contributed by atoms with Gasteiger partial charge in [0.2, 0.25) is 15.9 Å². The van der Waals surface area contributed by atoms with Gasteiger partial charge in [-0.2, -0.15) is 4.31 Å². The van der Waals surface area contributed by atoms with Crippen LogP contribution < -0.4 is 14.8 Å². The maximum atomic E-state index is 12.7. The normalized spacial score (nSPS) is 11.4. The fourth-order valence-corrected chi connectivity index (χ4v) is 3.59. The molecule has 9 heteroatoms. The molecule has 1 heterocycles. The zero-order valence-electron chi connectivity index (χ0n) is 15.6. The Bertz CT molecular complexity index is 849. The van der Waals surface area contributed by atoms with Crippen LogP contribution in [0.25, 0.3) is 0 Å². The average Bonchev–Trinajstić information content (AvgIpc) is 3.18. The van der Waals surface area contributed by atoms with Crippen molar-refractivity contribution in [3.63, 3.8) is 0 Å². The molecule has 0 bridgehead atoms. The van der Waals surface area contributed by atoms with Crippen molar-refractivity contribution >= 4 is 15.9 Å². The highest BCUT2D eigenvalue weighted by Crippen LogP contribution is 2.30. The van der Waals surface area contributed by atoms with Crippen molar-refractivity contribution in [3.05, 3.63) is 42.4 Å². The van der Waals surface area contributed by atoms with Crippen LogP contribution in [0.15, 0.2) is 45.9 Å². The first-order chi connectivity index (χ1) is 12.9. The van der Waals surface area contributed by atoms with E-state index in [-0.39, 0.29) is 17.3 Å². The molecule has 1 amide bonds. The molecular weight excluding hydrogens is 372 g/mol. The Kier molecular flexibility index (Phi) is 7.26. The van der Waals surface area contributed by atoms with E-state index in [1.54, 1.807) is 6.26 Å². The number of rotatable bonds is 10. The number of ether oxygens (including phenoxy) is 2. The van der Waals surface area contributed by atoms with Crippen LogP contribution >= 0.6 is 0 Å². The predicted octanol–water partition coefficient (Wildman–Crippen LogP) is 1.67. The number of hydrogen-bond acceptors (Lipinski definition) is 6. The fraction of sp³-hybridized carbons (Fsp3) is 0.389. The maximum Gasteiger partial charge on any atom is 0.243 e. The third kappa shape index (κ3) is 5.48. The second-order valence-corrected chi connectivity index (χ2v) is 7.86. The molecule has 0 radical (unpaired) electrons. The van der Waals surface area contributed by atoms with E-state index in [9.17, 15) is 13.2 Å². The molecule has 0 saturated carbocycles. The Morgan fingerprint density at radius 1 is 1.19 bits per heavy atom. The summed E-state index contributed by atoms with van der Waals surface area (Å²) < 4.78 is 41.8. The summed E-state index contributed by atoms with van der Waals surface area (Å²) in [4.78, 5) is 12.1. The van der Waals surface area contributed by atoms with E-state index in [0.29, 0.717) is 30.9 Å². The summed E-state index contributed by atoms with van der Waals surface area (Å²) in [7, 11) is 0.411. The second kappa shape index (κ2) is 9.43. The highest BCUT2D eigenvalue weighted by atomic mass is 32.2. The minimum Gasteiger partial charge on any atom is -0.493 e. The molecule has 1 aromatic heterocycles. The van der Waals surface area contributed by atoms with Crippen LogP contribution in [0.5, 0.6) is 11.5 Å². The van der Waals surface area contributed by atoms with Gasteiger partial charge in [-0.3, -0.25) is 4.79 Å². The van der Waals surface area contributed by atoms with Crippen molar-refractivity contribution < 1.29 is 27.1 Å². The number of nitrogens with zero attached hydrogens (tertiary/aromatic N) is 1. The molecule has 0 aliphatic carbocycles. The number of sulfonamides is 1. The van der Waals surface area contributed by atoms with Crippen LogP contribution in [0.3, 0.4) is 0 Å². The number of aryl methyl sites for hydroxylation is 1. The molecule has 2 aromatic rings. The Morgan fingerprint density at radius 3 is 2.56 bits per heavy atom. The summed E-state index contributed by atoms with van der Waals surface area (Å²) in [6, 6.07) is 7.96. The number of amides is 1. The summed E-state index contributed by atoms with van der Waals surface area (Å²) in [6.07, 6.45) is 3.00.